The predicted octanol–water partition coefficient (Wildman–Crippen LogP) is 4.17. The van der Waals surface area contributed by atoms with Crippen molar-refractivity contribution in [1.29, 1.82) is 0 Å². The summed E-state index contributed by atoms with van der Waals surface area (Å²) in [5, 5.41) is 3.08. The second-order valence-electron chi connectivity index (χ2n) is 6.29. The van der Waals surface area contributed by atoms with Crippen molar-refractivity contribution >= 4 is 61.6 Å². The van der Waals surface area contributed by atoms with Gasteiger partial charge in [-0.2, -0.15) is 0 Å². The number of nitrogens with zero attached hydrogens (tertiary/aromatic N) is 1. The zero-order valence-electron chi connectivity index (χ0n) is 15.4. The normalized spacial score (nSPS) is 14.4. The summed E-state index contributed by atoms with van der Waals surface area (Å²) in [5.74, 6) is 0.392. The Kier molecular flexibility index (Phi) is 6.52. The van der Waals surface area contributed by atoms with E-state index in [1.165, 1.54) is 20.2 Å². The van der Waals surface area contributed by atoms with Crippen LogP contribution < -0.4 is 19.1 Å². The molecule has 1 aliphatic rings. The van der Waals surface area contributed by atoms with Crippen molar-refractivity contribution in [3.8, 4) is 17.2 Å². The highest BCUT2D eigenvalue weighted by Gasteiger charge is 2.56. The molecule has 1 fully saturated rings. The van der Waals surface area contributed by atoms with Gasteiger partial charge in [0, 0.05) is 17.6 Å². The van der Waals surface area contributed by atoms with E-state index in [-0.39, 0.29) is 38.9 Å². The molecule has 0 heterocycles. The number of hydrogen-bond donors (Lipinski definition) is 2. The average molecular weight is 524 g/mol. The first-order valence-electron chi connectivity index (χ1n) is 8.40. The van der Waals surface area contributed by atoms with Crippen LogP contribution in [0.15, 0.2) is 34.8 Å². The summed E-state index contributed by atoms with van der Waals surface area (Å²) in [6, 6.07) is 7.86. The largest absolute Gasteiger partial charge is 0.495 e. The Labute approximate surface area is 188 Å². The van der Waals surface area contributed by atoms with Crippen LogP contribution in [0.4, 0.5) is 5.69 Å². The maximum Gasteiger partial charge on any atom is 0.246 e. The fourth-order valence-electron chi connectivity index (χ4n) is 3.00. The minimum absolute atomic E-state index is 0.187. The summed E-state index contributed by atoms with van der Waals surface area (Å²) in [6.45, 7) is 0. The van der Waals surface area contributed by atoms with Gasteiger partial charge in [-0.3, -0.25) is 9.10 Å². The van der Waals surface area contributed by atoms with E-state index in [1.807, 2.05) is 0 Å². The Hall–Kier alpha value is -1.68. The summed E-state index contributed by atoms with van der Waals surface area (Å²) in [6.07, 6.45) is 0.795. The highest BCUT2D eigenvalue weighted by Crippen LogP contribution is 2.48. The molecule has 0 radical (unpaired) electrons. The molecule has 0 aromatic heterocycles. The van der Waals surface area contributed by atoms with E-state index >= 15 is 0 Å². The lowest BCUT2D eigenvalue weighted by Crippen LogP contribution is -2.48. The quantitative estimate of drug-likeness (QED) is 0.532. The van der Waals surface area contributed by atoms with Crippen molar-refractivity contribution in [2.75, 3.05) is 18.5 Å². The number of halogens is 3. The van der Waals surface area contributed by atoms with Crippen molar-refractivity contribution in [3.63, 3.8) is 0 Å². The molecule has 0 unspecified atom stereocenters. The van der Waals surface area contributed by atoms with Gasteiger partial charge in [-0.15, -0.1) is 0 Å². The zero-order chi connectivity index (χ0) is 21.3. The number of likely N-dealkylation sites (N-methyl/N-ethyl adjacent to an activating group) is 1. The second-order valence-corrected chi connectivity index (χ2v) is 8.90. The number of anilines is 1. The summed E-state index contributed by atoms with van der Waals surface area (Å²) < 4.78 is 37.1. The lowest BCUT2D eigenvalue weighted by molar-refractivity contribution is -0.122. The van der Waals surface area contributed by atoms with Crippen molar-refractivity contribution in [3.05, 3.63) is 44.8 Å². The highest BCUT2D eigenvalue weighted by atomic mass is 79.9. The molecule has 0 saturated heterocycles. The number of amides is 1. The summed E-state index contributed by atoms with van der Waals surface area (Å²) >= 11 is 15.7. The third kappa shape index (κ3) is 4.28. The predicted molar refractivity (Wildman–Crippen MR) is 116 cm³/mol. The second kappa shape index (κ2) is 8.59. The van der Waals surface area contributed by atoms with Gasteiger partial charge < -0.3 is 14.8 Å². The van der Waals surface area contributed by atoms with Gasteiger partial charge in [0.25, 0.3) is 0 Å². The molecule has 0 atom stereocenters. The number of rotatable bonds is 7. The topological polar surface area (TPSA) is 84.9 Å². The van der Waals surface area contributed by atoms with Crippen LogP contribution in [-0.4, -0.2) is 34.0 Å². The molecule has 156 valence electrons. The lowest BCUT2D eigenvalue weighted by atomic mass is 10.2. The van der Waals surface area contributed by atoms with Crippen molar-refractivity contribution in [2.45, 2.75) is 18.4 Å². The van der Waals surface area contributed by atoms with Gasteiger partial charge in [-0.1, -0.05) is 39.1 Å². The smallest absolute Gasteiger partial charge is 0.246 e. The third-order valence-electron chi connectivity index (χ3n) is 4.50. The number of carbonyl (C=O) groups is 1. The molecule has 1 N–H and O–H groups in total. The molecule has 2 aromatic carbocycles. The van der Waals surface area contributed by atoms with Gasteiger partial charge in [-0.05, 0) is 37.1 Å². The van der Waals surface area contributed by atoms with E-state index in [9.17, 15) is 13.2 Å². The molecule has 0 bridgehead atoms. The molecular weight excluding hydrogens is 507 g/mol. The van der Waals surface area contributed by atoms with Crippen molar-refractivity contribution in [1.82, 2.24) is 5.32 Å². The number of ether oxygens (including phenoxy) is 2. The lowest BCUT2D eigenvalue weighted by Gasteiger charge is -2.28. The van der Waals surface area contributed by atoms with Gasteiger partial charge >= 0.3 is 0 Å². The highest BCUT2D eigenvalue weighted by molar-refractivity contribution is 9.10. The first-order valence-corrected chi connectivity index (χ1v) is 11.1. The fraction of sp³-hybridized carbons (Fsp3) is 0.278. The van der Waals surface area contributed by atoms with Crippen LogP contribution >= 0.6 is 39.1 Å². The SMILES string of the molecule is CNC(=O)C1(N(c2cc(Oc3c(Cl)cc(Br)cc3Cl)ccc2OC)[SH](=O)=O)CC1. The average Bonchev–Trinajstić information content (AvgIpc) is 3.45. The first-order chi connectivity index (χ1) is 13.7. The molecule has 11 heteroatoms. The number of thiol groups is 1. The third-order valence-corrected chi connectivity index (χ3v) is 6.45. The number of benzene rings is 2. The molecule has 0 aliphatic heterocycles. The first kappa shape index (κ1) is 22.0. The van der Waals surface area contributed by atoms with E-state index < -0.39 is 16.4 Å². The van der Waals surface area contributed by atoms with E-state index in [2.05, 4.69) is 21.2 Å². The fourth-order valence-corrected chi connectivity index (χ4v) is 5.23. The summed E-state index contributed by atoms with van der Waals surface area (Å²) in [7, 11) is -0.257. The molecule has 1 amide bonds. The van der Waals surface area contributed by atoms with Crippen LogP contribution in [0.2, 0.25) is 10.0 Å². The Balaban J connectivity index is 2.07. The summed E-state index contributed by atoms with van der Waals surface area (Å²) in [4.78, 5) is 12.4. The van der Waals surface area contributed by atoms with E-state index in [0.29, 0.717) is 17.3 Å². The molecule has 0 spiro atoms. The number of carbonyl (C=O) groups excluding carboxylic acids is 1. The van der Waals surface area contributed by atoms with Gasteiger partial charge in [0.2, 0.25) is 16.8 Å². The monoisotopic (exact) mass is 522 g/mol. The maximum absolute atomic E-state index is 12.4. The van der Waals surface area contributed by atoms with Crippen LogP contribution in [0, 0.1) is 0 Å². The summed E-state index contributed by atoms with van der Waals surface area (Å²) in [5.41, 5.74) is -0.991. The Morgan fingerprint density at radius 1 is 1.21 bits per heavy atom. The Morgan fingerprint density at radius 2 is 1.83 bits per heavy atom. The van der Waals surface area contributed by atoms with Crippen LogP contribution in [0.3, 0.4) is 0 Å². The van der Waals surface area contributed by atoms with E-state index in [0.717, 1.165) is 4.31 Å². The van der Waals surface area contributed by atoms with Gasteiger partial charge in [0.15, 0.2) is 5.75 Å². The molecule has 7 nitrogen and oxygen atoms in total. The standard InChI is InChI=1S/C18H17BrCl2N2O5S/c1-22-17(24)18(5-6-18)23(29(25)26)14-9-11(3-4-15(14)27-2)28-16-12(20)7-10(19)8-13(16)21/h3-4,7-9,29H,5-6H2,1-2H3,(H,22,24). The van der Waals surface area contributed by atoms with Crippen molar-refractivity contribution < 1.29 is 22.7 Å². The number of hydrogen-bond acceptors (Lipinski definition) is 5. The van der Waals surface area contributed by atoms with Gasteiger partial charge in [-0.25, -0.2) is 8.42 Å². The van der Waals surface area contributed by atoms with Gasteiger partial charge in [0.05, 0.1) is 22.8 Å². The van der Waals surface area contributed by atoms with E-state index in [1.54, 1.807) is 24.3 Å². The number of nitrogens with one attached hydrogen (secondary N) is 1. The Bertz CT molecular complexity index is 1010. The molecule has 29 heavy (non-hydrogen) atoms. The van der Waals surface area contributed by atoms with Crippen LogP contribution in [0.1, 0.15) is 12.8 Å². The van der Waals surface area contributed by atoms with E-state index in [4.69, 9.17) is 32.7 Å². The number of methoxy groups -OCH3 is 1. The molecule has 3 rings (SSSR count). The zero-order valence-corrected chi connectivity index (χ0v) is 19.4. The minimum atomic E-state index is -3.14. The maximum atomic E-state index is 12.4. The molecule has 1 aliphatic carbocycles. The Morgan fingerprint density at radius 3 is 2.31 bits per heavy atom. The minimum Gasteiger partial charge on any atom is -0.495 e. The van der Waals surface area contributed by atoms with Crippen molar-refractivity contribution in [2.24, 2.45) is 0 Å². The molecule has 1 saturated carbocycles. The van der Waals surface area contributed by atoms with Gasteiger partial charge in [0.1, 0.15) is 17.0 Å². The van der Waals surface area contributed by atoms with Crippen LogP contribution in [0.25, 0.3) is 0 Å². The van der Waals surface area contributed by atoms with Crippen LogP contribution in [0.5, 0.6) is 17.2 Å². The molecule has 2 aromatic rings. The van der Waals surface area contributed by atoms with Crippen LogP contribution in [-0.2, 0) is 15.7 Å². The molecular formula is C18H17BrCl2N2O5S.